The van der Waals surface area contributed by atoms with Crippen LogP contribution in [0.3, 0.4) is 0 Å². The molecule has 0 N–H and O–H groups in total. The molecule has 0 unspecified atom stereocenters. The van der Waals surface area contributed by atoms with Crippen molar-refractivity contribution in [1.29, 1.82) is 0 Å². The van der Waals surface area contributed by atoms with Crippen LogP contribution in [0, 0.1) is 0 Å². The normalized spacial score (nSPS) is 30.4. The van der Waals surface area contributed by atoms with Crippen molar-refractivity contribution < 1.29 is 8.85 Å². The van der Waals surface area contributed by atoms with Crippen LogP contribution in [0.25, 0.3) is 0 Å². The zero-order valence-electron chi connectivity index (χ0n) is 5.22. The minimum absolute atomic E-state index is 0.196. The SMILES string of the molecule is CCCCC1O[SiH2]O1. The Morgan fingerprint density at radius 3 is 2.62 bits per heavy atom. The highest BCUT2D eigenvalue weighted by Gasteiger charge is 2.16. The van der Waals surface area contributed by atoms with Crippen LogP contribution in [0.5, 0.6) is 0 Å². The second-order valence-electron chi connectivity index (χ2n) is 2.02. The molecule has 1 heterocycles. The van der Waals surface area contributed by atoms with Crippen LogP contribution in [0.15, 0.2) is 0 Å². The summed E-state index contributed by atoms with van der Waals surface area (Å²) in [4.78, 5) is 0. The highest BCUT2D eigenvalue weighted by Crippen LogP contribution is 2.11. The summed E-state index contributed by atoms with van der Waals surface area (Å²) in [6.07, 6.45) is 3.77. The molecule has 3 heteroatoms. The van der Waals surface area contributed by atoms with Gasteiger partial charge < -0.3 is 8.85 Å². The first-order valence-corrected chi connectivity index (χ1v) is 4.32. The third kappa shape index (κ3) is 1.58. The molecule has 48 valence electrons. The zero-order valence-corrected chi connectivity index (χ0v) is 6.64. The molecule has 0 spiro atoms. The average molecular weight is 132 g/mol. The Morgan fingerprint density at radius 2 is 2.25 bits per heavy atom. The van der Waals surface area contributed by atoms with Crippen molar-refractivity contribution in [1.82, 2.24) is 0 Å². The van der Waals surface area contributed by atoms with E-state index in [2.05, 4.69) is 6.92 Å². The van der Waals surface area contributed by atoms with E-state index in [-0.39, 0.29) is 6.29 Å². The first kappa shape index (κ1) is 6.26. The predicted molar refractivity (Wildman–Crippen MR) is 34.0 cm³/mol. The highest BCUT2D eigenvalue weighted by molar-refractivity contribution is 6.20. The van der Waals surface area contributed by atoms with Crippen LogP contribution < -0.4 is 0 Å². The molecule has 0 aromatic carbocycles. The Balaban J connectivity index is 1.86. The summed E-state index contributed by atoms with van der Waals surface area (Å²) >= 11 is 0. The lowest BCUT2D eigenvalue weighted by molar-refractivity contribution is -0.101. The fraction of sp³-hybridized carbons (Fsp3) is 1.00. The van der Waals surface area contributed by atoms with E-state index in [4.69, 9.17) is 8.85 Å². The van der Waals surface area contributed by atoms with Gasteiger partial charge in [0.05, 0.1) is 0 Å². The lowest BCUT2D eigenvalue weighted by Gasteiger charge is -2.26. The first-order chi connectivity index (χ1) is 3.93. The van der Waals surface area contributed by atoms with Gasteiger partial charge in [0.25, 0.3) is 0 Å². The van der Waals surface area contributed by atoms with E-state index in [1.165, 1.54) is 12.8 Å². The lowest BCUT2D eigenvalue weighted by Crippen LogP contribution is -2.33. The summed E-state index contributed by atoms with van der Waals surface area (Å²) in [5.41, 5.74) is 0. The molecular weight excluding hydrogens is 120 g/mol. The first-order valence-electron chi connectivity index (χ1n) is 3.16. The molecule has 1 aliphatic rings. The Labute approximate surface area is 52.2 Å². The van der Waals surface area contributed by atoms with E-state index in [1.807, 2.05) is 0 Å². The van der Waals surface area contributed by atoms with E-state index in [1.54, 1.807) is 0 Å². The zero-order chi connectivity index (χ0) is 5.82. The largest absolute Gasteiger partial charge is 0.373 e. The van der Waals surface area contributed by atoms with Crippen LogP contribution in [-0.4, -0.2) is 16.3 Å². The summed E-state index contributed by atoms with van der Waals surface area (Å²) in [5, 5.41) is 0. The van der Waals surface area contributed by atoms with Gasteiger partial charge in [0.1, 0.15) is 6.29 Å². The van der Waals surface area contributed by atoms with Crippen LogP contribution in [0.1, 0.15) is 26.2 Å². The van der Waals surface area contributed by atoms with Crippen molar-refractivity contribution in [3.63, 3.8) is 0 Å². The maximum absolute atomic E-state index is 5.15. The monoisotopic (exact) mass is 132 g/mol. The van der Waals surface area contributed by atoms with Gasteiger partial charge in [0.2, 0.25) is 0 Å². The van der Waals surface area contributed by atoms with Crippen LogP contribution in [0.2, 0.25) is 0 Å². The summed E-state index contributed by atoms with van der Waals surface area (Å²) in [6, 6.07) is 0. The minimum atomic E-state index is -0.470. The molecule has 8 heavy (non-hydrogen) atoms. The maximum Gasteiger partial charge on any atom is 0.308 e. The Kier molecular flexibility index (Phi) is 2.52. The molecular formula is C5H12O2Si. The van der Waals surface area contributed by atoms with Crippen LogP contribution in [-0.2, 0) is 8.85 Å². The van der Waals surface area contributed by atoms with Gasteiger partial charge in [0, 0.05) is 0 Å². The predicted octanol–water partition coefficient (Wildman–Crippen LogP) is 0.548. The van der Waals surface area contributed by atoms with E-state index < -0.39 is 10.0 Å². The summed E-state index contributed by atoms with van der Waals surface area (Å²) in [6.45, 7) is 2.18. The molecule has 0 radical (unpaired) electrons. The van der Waals surface area contributed by atoms with Gasteiger partial charge in [-0.15, -0.1) is 0 Å². The van der Waals surface area contributed by atoms with E-state index in [9.17, 15) is 0 Å². The topological polar surface area (TPSA) is 18.5 Å². The molecule has 0 bridgehead atoms. The molecule has 0 aliphatic carbocycles. The molecule has 0 atom stereocenters. The van der Waals surface area contributed by atoms with Crippen LogP contribution >= 0.6 is 0 Å². The molecule has 1 saturated heterocycles. The Hall–Kier alpha value is 0.137. The van der Waals surface area contributed by atoms with E-state index >= 15 is 0 Å². The quantitative estimate of drug-likeness (QED) is 0.522. The van der Waals surface area contributed by atoms with E-state index in [0.717, 1.165) is 6.42 Å². The Morgan fingerprint density at radius 1 is 1.50 bits per heavy atom. The van der Waals surface area contributed by atoms with Gasteiger partial charge >= 0.3 is 10.0 Å². The standard InChI is InChI=1S/C5H12O2Si/c1-2-3-4-5-6-8-7-5/h5H,2-4,8H2,1H3. The number of hydrogen-bond acceptors (Lipinski definition) is 2. The van der Waals surface area contributed by atoms with Gasteiger partial charge in [-0.1, -0.05) is 13.3 Å². The summed E-state index contributed by atoms with van der Waals surface area (Å²) in [7, 11) is -0.470. The van der Waals surface area contributed by atoms with Crippen molar-refractivity contribution in [3.8, 4) is 0 Å². The molecule has 2 nitrogen and oxygen atoms in total. The van der Waals surface area contributed by atoms with Gasteiger partial charge in [-0.3, -0.25) is 0 Å². The second kappa shape index (κ2) is 3.22. The maximum atomic E-state index is 5.15. The molecule has 0 aromatic heterocycles. The summed E-state index contributed by atoms with van der Waals surface area (Å²) in [5.74, 6) is 0. The second-order valence-corrected chi connectivity index (χ2v) is 2.93. The number of unbranched alkanes of at least 4 members (excludes halogenated alkanes) is 1. The Bertz CT molecular complexity index is 63.4. The average Bonchev–Trinajstić information content (AvgIpc) is 1.63. The smallest absolute Gasteiger partial charge is 0.308 e. The van der Waals surface area contributed by atoms with E-state index in [0.29, 0.717) is 0 Å². The van der Waals surface area contributed by atoms with Crippen molar-refractivity contribution in [2.45, 2.75) is 32.5 Å². The molecule has 0 saturated carbocycles. The third-order valence-electron chi connectivity index (χ3n) is 1.30. The lowest BCUT2D eigenvalue weighted by atomic mass is 10.2. The van der Waals surface area contributed by atoms with Crippen molar-refractivity contribution in [2.75, 3.05) is 0 Å². The molecule has 0 aromatic rings. The molecule has 1 fully saturated rings. The minimum Gasteiger partial charge on any atom is -0.373 e. The van der Waals surface area contributed by atoms with Gasteiger partial charge in [-0.2, -0.15) is 0 Å². The van der Waals surface area contributed by atoms with Gasteiger partial charge in [-0.25, -0.2) is 0 Å². The fourth-order valence-corrected chi connectivity index (χ4v) is 1.36. The highest BCUT2D eigenvalue weighted by atomic mass is 28.3. The molecule has 1 aliphatic heterocycles. The van der Waals surface area contributed by atoms with Crippen LogP contribution in [0.4, 0.5) is 0 Å². The third-order valence-corrected chi connectivity index (χ3v) is 2.32. The van der Waals surface area contributed by atoms with Crippen molar-refractivity contribution >= 4 is 10.0 Å². The van der Waals surface area contributed by atoms with Crippen molar-refractivity contribution in [2.24, 2.45) is 0 Å². The van der Waals surface area contributed by atoms with Crippen molar-refractivity contribution in [3.05, 3.63) is 0 Å². The van der Waals surface area contributed by atoms with Gasteiger partial charge in [0.15, 0.2) is 0 Å². The molecule has 0 amide bonds. The molecule has 1 rings (SSSR count). The summed E-state index contributed by atoms with van der Waals surface area (Å²) < 4.78 is 10.3. The number of rotatable bonds is 3. The van der Waals surface area contributed by atoms with Gasteiger partial charge in [-0.05, 0) is 12.8 Å². The fourth-order valence-electron chi connectivity index (χ4n) is 0.702. The number of hydrogen-bond donors (Lipinski definition) is 0.